The van der Waals surface area contributed by atoms with Crippen LogP contribution in [0, 0.1) is 29.6 Å². The van der Waals surface area contributed by atoms with E-state index in [4.69, 9.17) is 28.4 Å². The molecular weight excluding hydrogens is 830 g/mol. The summed E-state index contributed by atoms with van der Waals surface area (Å²) in [6, 6.07) is 5.92. The number of hydrogen-bond donors (Lipinski definition) is 3. The lowest BCUT2D eigenvalue weighted by atomic mass is 9.81. The van der Waals surface area contributed by atoms with E-state index < -0.39 is 102 Å². The van der Waals surface area contributed by atoms with E-state index >= 15 is 4.39 Å². The van der Waals surface area contributed by atoms with Gasteiger partial charge in [-0.05, 0) is 119 Å². The highest BCUT2D eigenvalue weighted by Gasteiger charge is 2.57. The molecule has 0 radical (unpaired) electrons. The minimum absolute atomic E-state index is 0.0334. The SMILES string of the molecule is CCC1/C=C(\C)C(F)C(C)CC(OC)C2OC(O)(C(=O)C(=O)N3CCCCC3C(=O)OC(C(C)=CC3CCC(Oc4ccc(OC)cc4)C(O)C3)C(C)C(O)CC1=O)C(C)CC2OC. The van der Waals surface area contributed by atoms with Crippen LogP contribution in [0.15, 0.2) is 47.6 Å². The van der Waals surface area contributed by atoms with E-state index in [1.165, 1.54) is 14.2 Å². The Morgan fingerprint density at radius 3 is 2.19 bits per heavy atom. The first-order chi connectivity index (χ1) is 30.4. The van der Waals surface area contributed by atoms with E-state index in [1.54, 1.807) is 72.1 Å². The van der Waals surface area contributed by atoms with Gasteiger partial charge in [-0.15, -0.1) is 0 Å². The summed E-state index contributed by atoms with van der Waals surface area (Å²) in [5.74, 6) is -8.10. The molecule has 64 heavy (non-hydrogen) atoms. The summed E-state index contributed by atoms with van der Waals surface area (Å²) >= 11 is 0. The molecule has 0 aromatic heterocycles. The van der Waals surface area contributed by atoms with Gasteiger partial charge in [0.2, 0.25) is 5.79 Å². The molecule has 3 aliphatic heterocycles. The topological polar surface area (TPSA) is 188 Å². The maximum atomic E-state index is 16.3. The Bertz CT molecular complexity index is 1820. The van der Waals surface area contributed by atoms with E-state index in [2.05, 4.69) is 0 Å². The number of rotatable bonds is 8. The highest BCUT2D eigenvalue weighted by molar-refractivity contribution is 6.39. The van der Waals surface area contributed by atoms with Crippen LogP contribution in [0.3, 0.4) is 0 Å². The first kappa shape index (κ1) is 51.3. The van der Waals surface area contributed by atoms with E-state index in [-0.39, 0.29) is 43.9 Å². The number of methoxy groups -OCH3 is 3. The number of piperidine rings is 1. The van der Waals surface area contributed by atoms with Crippen molar-refractivity contribution in [1.82, 2.24) is 4.90 Å². The van der Waals surface area contributed by atoms with Gasteiger partial charge in [-0.2, -0.15) is 0 Å². The largest absolute Gasteiger partial charge is 0.497 e. The number of aliphatic hydroxyl groups is 3. The van der Waals surface area contributed by atoms with Crippen molar-refractivity contribution in [3.8, 4) is 11.5 Å². The van der Waals surface area contributed by atoms with Crippen LogP contribution >= 0.6 is 0 Å². The van der Waals surface area contributed by atoms with Crippen LogP contribution in [0.1, 0.15) is 106 Å². The molecule has 5 rings (SSSR count). The normalized spacial score (nSPS) is 38.9. The number of Topliss-reactive ketones (excluding diaryl/α,β-unsaturated/α-hetero) is 2. The summed E-state index contributed by atoms with van der Waals surface area (Å²) in [4.78, 5) is 58.0. The van der Waals surface area contributed by atoms with Crippen molar-refractivity contribution in [3.05, 3.63) is 47.6 Å². The molecule has 1 aromatic carbocycles. The van der Waals surface area contributed by atoms with Crippen molar-refractivity contribution in [1.29, 1.82) is 0 Å². The molecule has 3 fully saturated rings. The molecule has 3 N–H and O–H groups in total. The first-order valence-electron chi connectivity index (χ1n) is 23.1. The van der Waals surface area contributed by atoms with Gasteiger partial charge in [0.1, 0.15) is 47.8 Å². The molecule has 3 heterocycles. The van der Waals surface area contributed by atoms with Gasteiger partial charge in [0, 0.05) is 44.9 Å². The zero-order valence-corrected chi connectivity index (χ0v) is 39.1. The molecule has 2 saturated heterocycles. The second kappa shape index (κ2) is 22.6. The third-order valence-corrected chi connectivity index (χ3v) is 14.1. The van der Waals surface area contributed by atoms with Crippen molar-refractivity contribution in [2.24, 2.45) is 29.6 Å². The number of fused-ring (bicyclic) bond motifs is 3. The summed E-state index contributed by atoms with van der Waals surface area (Å²) in [6.07, 6.45) is -1.31. The number of benzene rings is 1. The number of alkyl halides is 1. The van der Waals surface area contributed by atoms with Crippen LogP contribution < -0.4 is 9.47 Å². The third kappa shape index (κ3) is 11.8. The zero-order valence-electron chi connectivity index (χ0n) is 39.1. The fraction of sp³-hybridized carbons (Fsp3) is 0.714. The van der Waals surface area contributed by atoms with Crippen LogP contribution in [0.2, 0.25) is 0 Å². The Morgan fingerprint density at radius 2 is 1.56 bits per heavy atom. The molecule has 14 nitrogen and oxygen atoms in total. The van der Waals surface area contributed by atoms with Crippen LogP contribution in [-0.2, 0) is 38.1 Å². The van der Waals surface area contributed by atoms with Crippen LogP contribution in [-0.4, -0.2) is 132 Å². The maximum Gasteiger partial charge on any atom is 0.329 e. The molecule has 4 aliphatic rings. The number of aliphatic hydroxyl groups excluding tert-OH is 2. The van der Waals surface area contributed by atoms with Crippen molar-refractivity contribution >= 4 is 23.4 Å². The second-order valence-corrected chi connectivity index (χ2v) is 18.7. The Labute approximate surface area is 377 Å². The number of carbonyl (C=O) groups excluding carboxylic acids is 4. The molecule has 15 heteroatoms. The second-order valence-electron chi connectivity index (χ2n) is 18.7. The predicted molar refractivity (Wildman–Crippen MR) is 235 cm³/mol. The van der Waals surface area contributed by atoms with Crippen LogP contribution in [0.25, 0.3) is 0 Å². The summed E-state index contributed by atoms with van der Waals surface area (Å²) < 4.78 is 51.7. The summed E-state index contributed by atoms with van der Waals surface area (Å²) in [5.41, 5.74) is 0.896. The lowest BCUT2D eigenvalue weighted by molar-refractivity contribution is -0.302. The molecule has 1 amide bonds. The Kier molecular flexibility index (Phi) is 18.1. The van der Waals surface area contributed by atoms with E-state index in [0.29, 0.717) is 61.2 Å². The molecule has 1 aliphatic carbocycles. The van der Waals surface area contributed by atoms with Gasteiger partial charge >= 0.3 is 5.97 Å². The lowest BCUT2D eigenvalue weighted by Gasteiger charge is -2.47. The number of nitrogens with zero attached hydrogens (tertiary/aromatic N) is 1. The van der Waals surface area contributed by atoms with Gasteiger partial charge in [0.05, 0.1) is 31.5 Å². The minimum atomic E-state index is -2.62. The summed E-state index contributed by atoms with van der Waals surface area (Å²) in [6.45, 7) is 10.2. The van der Waals surface area contributed by atoms with Gasteiger partial charge in [-0.25, -0.2) is 9.18 Å². The van der Waals surface area contributed by atoms with Crippen molar-refractivity contribution in [2.75, 3.05) is 27.9 Å². The number of ether oxygens (including phenoxy) is 6. The number of ketones is 2. The fourth-order valence-electron chi connectivity index (χ4n) is 10.0. The highest BCUT2D eigenvalue weighted by atomic mass is 19.1. The van der Waals surface area contributed by atoms with E-state index in [1.807, 2.05) is 13.0 Å². The third-order valence-electron chi connectivity index (χ3n) is 14.1. The fourth-order valence-corrected chi connectivity index (χ4v) is 10.0. The molecule has 2 bridgehead atoms. The Balaban J connectivity index is 1.48. The molecule has 1 saturated carbocycles. The number of esters is 1. The zero-order chi connectivity index (χ0) is 47.0. The van der Waals surface area contributed by atoms with E-state index in [9.17, 15) is 34.5 Å². The summed E-state index contributed by atoms with van der Waals surface area (Å²) in [5, 5.41) is 35.0. The molecule has 15 atom stereocenters. The smallest absolute Gasteiger partial charge is 0.329 e. The maximum absolute atomic E-state index is 16.3. The van der Waals surface area contributed by atoms with Gasteiger partial charge in [-0.1, -0.05) is 39.8 Å². The lowest BCUT2D eigenvalue weighted by Crippen LogP contribution is -2.64. The molecule has 15 unspecified atom stereocenters. The monoisotopic (exact) mass is 901 g/mol. The van der Waals surface area contributed by atoms with Crippen molar-refractivity contribution in [3.63, 3.8) is 0 Å². The van der Waals surface area contributed by atoms with Crippen LogP contribution in [0.5, 0.6) is 11.5 Å². The highest BCUT2D eigenvalue weighted by Crippen LogP contribution is 2.40. The number of carbonyl (C=O) groups is 4. The van der Waals surface area contributed by atoms with E-state index in [0.717, 1.165) is 4.90 Å². The number of cyclic esters (lactones) is 1. The average molecular weight is 902 g/mol. The Hall–Kier alpha value is -3.73. The van der Waals surface area contributed by atoms with Gasteiger partial charge in [0.15, 0.2) is 0 Å². The van der Waals surface area contributed by atoms with Gasteiger partial charge in [-0.3, -0.25) is 14.4 Å². The summed E-state index contributed by atoms with van der Waals surface area (Å²) in [7, 11) is 4.45. The predicted octanol–water partition coefficient (Wildman–Crippen LogP) is 5.86. The van der Waals surface area contributed by atoms with Gasteiger partial charge in [0.25, 0.3) is 11.7 Å². The van der Waals surface area contributed by atoms with Crippen LogP contribution in [0.4, 0.5) is 4.39 Å². The van der Waals surface area contributed by atoms with Crippen molar-refractivity contribution < 1.29 is 67.3 Å². The standard InChI is InChI=1S/C49H72FNO13/c1-10-33-22-27(2)43(50)28(3)23-41(60-8)45-42(61-9)24-30(5)49(58,64-45)46(55)47(56)51-20-12-11-13-36(51)48(57)63-44(31(6)37(52)26-38(33)53)29(4)21-32-14-19-40(39(54)25-32)62-35-17-15-34(59-7)16-18-35/h15-18,21-22,28,30-33,36-37,39-45,52,54,58H,10-14,19-20,23-26H2,1-9H3/b27-22+,29-21?. The number of allylic oxidation sites excluding steroid dienone is 3. The number of hydrogen-bond acceptors (Lipinski definition) is 13. The molecule has 0 spiro atoms. The molecular formula is C49H72FNO13. The van der Waals surface area contributed by atoms with Crippen molar-refractivity contribution in [2.45, 2.75) is 166 Å². The number of halogens is 1. The Morgan fingerprint density at radius 1 is 0.906 bits per heavy atom. The number of amides is 1. The molecule has 358 valence electrons. The minimum Gasteiger partial charge on any atom is -0.497 e. The molecule has 1 aromatic rings. The average Bonchev–Trinajstić information content (AvgIpc) is 3.29. The quantitative estimate of drug-likeness (QED) is 0.160. The van der Waals surface area contributed by atoms with Gasteiger partial charge < -0.3 is 48.6 Å². The first-order valence-corrected chi connectivity index (χ1v) is 23.1.